The molecular formula is C29H33ClN2O2S. The van der Waals surface area contributed by atoms with E-state index in [1.54, 1.807) is 16.7 Å². The number of carbonyl (C=O) groups is 2. The maximum Gasteiger partial charge on any atom is 0.243 e. The molecular weight excluding hydrogens is 476 g/mol. The molecule has 0 aliphatic heterocycles. The van der Waals surface area contributed by atoms with Gasteiger partial charge in [0.05, 0.1) is 0 Å². The Morgan fingerprint density at radius 3 is 2.29 bits per heavy atom. The van der Waals surface area contributed by atoms with Crippen LogP contribution in [-0.4, -0.2) is 35.1 Å². The average molecular weight is 509 g/mol. The fraction of sp³-hybridized carbons (Fsp3) is 0.310. The third-order valence-corrected chi connectivity index (χ3v) is 7.06. The molecule has 0 spiro atoms. The number of hydrogen-bond donors (Lipinski definition) is 1. The Morgan fingerprint density at radius 1 is 0.943 bits per heavy atom. The SMILES string of the molecule is CCNC(=O)C(Cc1ccccc1)N(Cc1ccc(C)cc1)C(=O)CCCSc1ccc(Cl)cc1. The van der Waals surface area contributed by atoms with Gasteiger partial charge in [0.25, 0.3) is 0 Å². The third kappa shape index (κ3) is 8.75. The highest BCUT2D eigenvalue weighted by atomic mass is 35.5. The fourth-order valence-corrected chi connectivity index (χ4v) is 4.80. The third-order valence-electron chi connectivity index (χ3n) is 5.71. The molecule has 4 nitrogen and oxygen atoms in total. The monoisotopic (exact) mass is 508 g/mol. The van der Waals surface area contributed by atoms with Crippen LogP contribution < -0.4 is 5.32 Å². The van der Waals surface area contributed by atoms with Crippen molar-refractivity contribution in [2.45, 2.75) is 50.6 Å². The van der Waals surface area contributed by atoms with Crippen molar-refractivity contribution in [3.05, 3.63) is 101 Å². The van der Waals surface area contributed by atoms with Crippen LogP contribution in [0.3, 0.4) is 0 Å². The lowest BCUT2D eigenvalue weighted by atomic mass is 10.0. The van der Waals surface area contributed by atoms with Crippen molar-refractivity contribution in [3.8, 4) is 0 Å². The van der Waals surface area contributed by atoms with Crippen LogP contribution in [0.1, 0.15) is 36.5 Å². The van der Waals surface area contributed by atoms with Gasteiger partial charge in [0.1, 0.15) is 6.04 Å². The maximum absolute atomic E-state index is 13.5. The number of nitrogens with zero attached hydrogens (tertiary/aromatic N) is 1. The molecule has 0 aromatic heterocycles. The van der Waals surface area contributed by atoms with E-state index in [1.807, 2.05) is 92.7 Å². The Kier molecular flexibility index (Phi) is 10.7. The summed E-state index contributed by atoms with van der Waals surface area (Å²) in [5.74, 6) is 0.692. The van der Waals surface area contributed by atoms with Crippen LogP contribution in [-0.2, 0) is 22.6 Å². The van der Waals surface area contributed by atoms with Crippen molar-refractivity contribution in [2.24, 2.45) is 0 Å². The first kappa shape index (κ1) is 26.8. The minimum atomic E-state index is -0.574. The molecule has 35 heavy (non-hydrogen) atoms. The number of likely N-dealkylation sites (N-methyl/N-ethyl adjacent to an activating group) is 1. The molecule has 0 aliphatic rings. The molecule has 3 aromatic carbocycles. The summed E-state index contributed by atoms with van der Waals surface area (Å²) in [7, 11) is 0. The van der Waals surface area contributed by atoms with Crippen LogP contribution in [0.5, 0.6) is 0 Å². The van der Waals surface area contributed by atoms with E-state index >= 15 is 0 Å². The number of thioether (sulfide) groups is 1. The van der Waals surface area contributed by atoms with E-state index in [9.17, 15) is 9.59 Å². The zero-order valence-electron chi connectivity index (χ0n) is 20.4. The van der Waals surface area contributed by atoms with Gasteiger partial charge in [0, 0.05) is 35.8 Å². The Labute approximate surface area is 218 Å². The summed E-state index contributed by atoms with van der Waals surface area (Å²) in [6.07, 6.45) is 1.59. The van der Waals surface area contributed by atoms with Gasteiger partial charge < -0.3 is 10.2 Å². The molecule has 6 heteroatoms. The quantitative estimate of drug-likeness (QED) is 0.231. The lowest BCUT2D eigenvalue weighted by Crippen LogP contribution is -2.50. The summed E-state index contributed by atoms with van der Waals surface area (Å²) < 4.78 is 0. The number of benzene rings is 3. The van der Waals surface area contributed by atoms with Crippen LogP contribution in [0.2, 0.25) is 5.02 Å². The molecule has 2 amide bonds. The zero-order chi connectivity index (χ0) is 25.0. The van der Waals surface area contributed by atoms with Gasteiger partial charge in [-0.3, -0.25) is 9.59 Å². The largest absolute Gasteiger partial charge is 0.355 e. The Morgan fingerprint density at radius 2 is 1.63 bits per heavy atom. The summed E-state index contributed by atoms with van der Waals surface area (Å²) in [5, 5.41) is 3.66. The number of halogens is 1. The van der Waals surface area contributed by atoms with Crippen LogP contribution in [0.4, 0.5) is 0 Å². The molecule has 3 aromatic rings. The molecule has 1 unspecified atom stereocenters. The van der Waals surface area contributed by atoms with Crippen molar-refractivity contribution >= 4 is 35.2 Å². The second-order valence-electron chi connectivity index (χ2n) is 8.51. The summed E-state index contributed by atoms with van der Waals surface area (Å²) in [6, 6.07) is 25.2. The normalized spacial score (nSPS) is 11.6. The highest BCUT2D eigenvalue weighted by molar-refractivity contribution is 7.99. The lowest BCUT2D eigenvalue weighted by molar-refractivity contribution is -0.141. The molecule has 0 heterocycles. The van der Waals surface area contributed by atoms with E-state index in [4.69, 9.17) is 11.6 Å². The second kappa shape index (κ2) is 14.0. The van der Waals surface area contributed by atoms with Crippen LogP contribution in [0.25, 0.3) is 0 Å². The molecule has 0 saturated carbocycles. The molecule has 1 N–H and O–H groups in total. The predicted molar refractivity (Wildman–Crippen MR) is 146 cm³/mol. The smallest absolute Gasteiger partial charge is 0.243 e. The van der Waals surface area contributed by atoms with Crippen molar-refractivity contribution in [3.63, 3.8) is 0 Å². The van der Waals surface area contributed by atoms with E-state index < -0.39 is 6.04 Å². The standard InChI is InChI=1S/C29H33ClN2O2S/c1-3-31-29(34)27(20-23-8-5-4-6-9-23)32(21-24-13-11-22(2)12-14-24)28(33)10-7-19-35-26-17-15-25(30)16-18-26/h4-6,8-9,11-18,27H,3,7,10,19-21H2,1-2H3,(H,31,34). The van der Waals surface area contributed by atoms with Crippen LogP contribution >= 0.6 is 23.4 Å². The molecule has 0 bridgehead atoms. The number of rotatable bonds is 12. The predicted octanol–water partition coefficient (Wildman–Crippen LogP) is 6.30. The van der Waals surface area contributed by atoms with E-state index in [-0.39, 0.29) is 11.8 Å². The summed E-state index contributed by atoms with van der Waals surface area (Å²) in [4.78, 5) is 29.6. The summed E-state index contributed by atoms with van der Waals surface area (Å²) >= 11 is 7.67. The van der Waals surface area contributed by atoms with E-state index in [1.165, 1.54) is 0 Å². The van der Waals surface area contributed by atoms with Crippen LogP contribution in [0, 0.1) is 6.92 Å². The van der Waals surface area contributed by atoms with Gasteiger partial charge in [0.15, 0.2) is 0 Å². The van der Waals surface area contributed by atoms with E-state index in [0.717, 1.165) is 33.8 Å². The molecule has 1 atom stereocenters. The molecule has 0 aliphatic carbocycles. The molecule has 0 saturated heterocycles. The summed E-state index contributed by atoms with van der Waals surface area (Å²) in [5.41, 5.74) is 3.21. The highest BCUT2D eigenvalue weighted by Gasteiger charge is 2.29. The number of nitrogens with one attached hydrogen (secondary N) is 1. The Bertz CT molecular complexity index is 1070. The van der Waals surface area contributed by atoms with E-state index in [0.29, 0.717) is 31.0 Å². The minimum absolute atomic E-state index is 0.00512. The van der Waals surface area contributed by atoms with Gasteiger partial charge in [-0.05, 0) is 61.4 Å². The summed E-state index contributed by atoms with van der Waals surface area (Å²) in [6.45, 7) is 4.86. The minimum Gasteiger partial charge on any atom is -0.355 e. The Hall–Kier alpha value is -2.76. The average Bonchev–Trinajstić information content (AvgIpc) is 2.87. The van der Waals surface area contributed by atoms with Gasteiger partial charge in [-0.25, -0.2) is 0 Å². The topological polar surface area (TPSA) is 49.4 Å². The molecule has 0 fully saturated rings. The first-order valence-corrected chi connectivity index (χ1v) is 13.4. The van der Waals surface area contributed by atoms with Gasteiger partial charge >= 0.3 is 0 Å². The number of carbonyl (C=O) groups excluding carboxylic acids is 2. The first-order chi connectivity index (χ1) is 17.0. The second-order valence-corrected chi connectivity index (χ2v) is 10.1. The van der Waals surface area contributed by atoms with Gasteiger partial charge in [-0.2, -0.15) is 0 Å². The molecule has 0 radical (unpaired) electrons. The molecule has 184 valence electrons. The van der Waals surface area contributed by atoms with Gasteiger partial charge in [0.2, 0.25) is 11.8 Å². The lowest BCUT2D eigenvalue weighted by Gasteiger charge is -2.31. The fourth-order valence-electron chi connectivity index (χ4n) is 3.82. The van der Waals surface area contributed by atoms with E-state index in [2.05, 4.69) is 5.32 Å². The zero-order valence-corrected chi connectivity index (χ0v) is 21.9. The van der Waals surface area contributed by atoms with Gasteiger partial charge in [-0.15, -0.1) is 11.8 Å². The van der Waals surface area contributed by atoms with Crippen molar-refractivity contribution in [1.82, 2.24) is 10.2 Å². The first-order valence-electron chi connectivity index (χ1n) is 12.0. The number of hydrogen-bond acceptors (Lipinski definition) is 3. The number of amides is 2. The van der Waals surface area contributed by atoms with Crippen molar-refractivity contribution < 1.29 is 9.59 Å². The van der Waals surface area contributed by atoms with Gasteiger partial charge in [-0.1, -0.05) is 71.8 Å². The van der Waals surface area contributed by atoms with Crippen molar-refractivity contribution in [1.29, 1.82) is 0 Å². The number of aryl methyl sites for hydroxylation is 1. The highest BCUT2D eigenvalue weighted by Crippen LogP contribution is 2.22. The Balaban J connectivity index is 1.75. The van der Waals surface area contributed by atoms with Crippen molar-refractivity contribution in [2.75, 3.05) is 12.3 Å². The maximum atomic E-state index is 13.5. The van der Waals surface area contributed by atoms with Crippen LogP contribution in [0.15, 0.2) is 83.8 Å². The molecule has 3 rings (SSSR count).